The number of benzene rings is 1. The molecule has 0 fully saturated rings. The maximum absolute atomic E-state index is 4.25. The highest BCUT2D eigenvalue weighted by atomic mass is 79.9. The first-order chi connectivity index (χ1) is 8.79. The van der Waals surface area contributed by atoms with Gasteiger partial charge in [-0.2, -0.15) is 0 Å². The molecule has 0 spiro atoms. The van der Waals surface area contributed by atoms with Crippen molar-refractivity contribution in [1.29, 1.82) is 0 Å². The van der Waals surface area contributed by atoms with Crippen molar-refractivity contribution in [3.05, 3.63) is 59.9 Å². The third kappa shape index (κ3) is 3.57. The Morgan fingerprint density at radius 2 is 1.94 bits per heavy atom. The van der Waals surface area contributed by atoms with E-state index in [9.17, 15) is 0 Å². The highest BCUT2D eigenvalue weighted by Gasteiger charge is 2.06. The highest BCUT2D eigenvalue weighted by molar-refractivity contribution is 9.09. The lowest BCUT2D eigenvalue weighted by molar-refractivity contribution is 0.837. The molecule has 0 saturated heterocycles. The van der Waals surface area contributed by atoms with E-state index in [2.05, 4.69) is 68.3 Å². The van der Waals surface area contributed by atoms with Crippen molar-refractivity contribution in [1.82, 2.24) is 4.98 Å². The first-order valence-electron chi connectivity index (χ1n) is 6.07. The van der Waals surface area contributed by atoms with Gasteiger partial charge in [-0.1, -0.05) is 46.3 Å². The summed E-state index contributed by atoms with van der Waals surface area (Å²) in [6, 6.07) is 14.7. The molecule has 0 bridgehead atoms. The maximum atomic E-state index is 4.25. The number of aryl methyl sites for hydroxylation is 1. The van der Waals surface area contributed by atoms with E-state index in [-0.39, 0.29) is 0 Å². The molecule has 1 aromatic carbocycles. The van der Waals surface area contributed by atoms with Gasteiger partial charge in [-0.15, -0.1) is 0 Å². The van der Waals surface area contributed by atoms with Gasteiger partial charge in [0, 0.05) is 36.0 Å². The number of nitrogens with zero attached hydrogens (tertiary/aromatic N) is 2. The van der Waals surface area contributed by atoms with Crippen LogP contribution in [0, 0.1) is 6.92 Å². The molecule has 1 aromatic heterocycles. The van der Waals surface area contributed by atoms with Crippen LogP contribution in [0.2, 0.25) is 0 Å². The Labute approximate surface area is 117 Å². The number of halogens is 1. The third-order valence-corrected chi connectivity index (χ3v) is 3.17. The van der Waals surface area contributed by atoms with Crippen molar-refractivity contribution in [2.45, 2.75) is 13.5 Å². The fourth-order valence-corrected chi connectivity index (χ4v) is 2.36. The minimum atomic E-state index is 0.926. The number of aromatic nitrogens is 1. The first kappa shape index (κ1) is 13.1. The van der Waals surface area contributed by atoms with Crippen molar-refractivity contribution >= 4 is 21.6 Å². The van der Waals surface area contributed by atoms with E-state index in [1.54, 1.807) is 0 Å². The van der Waals surface area contributed by atoms with E-state index in [4.69, 9.17) is 0 Å². The van der Waals surface area contributed by atoms with Gasteiger partial charge in [0.25, 0.3) is 0 Å². The van der Waals surface area contributed by atoms with Gasteiger partial charge >= 0.3 is 0 Å². The number of rotatable bonds is 5. The lowest BCUT2D eigenvalue weighted by Gasteiger charge is -2.24. The Morgan fingerprint density at radius 3 is 2.61 bits per heavy atom. The largest absolute Gasteiger partial charge is 0.366 e. The molecule has 18 heavy (non-hydrogen) atoms. The average molecular weight is 305 g/mol. The normalized spacial score (nSPS) is 10.3. The Morgan fingerprint density at radius 1 is 1.17 bits per heavy atom. The van der Waals surface area contributed by atoms with Gasteiger partial charge in [0.2, 0.25) is 0 Å². The molecule has 0 aliphatic heterocycles. The Bertz CT molecular complexity index is 485. The van der Waals surface area contributed by atoms with E-state index >= 15 is 0 Å². The van der Waals surface area contributed by atoms with Crippen LogP contribution >= 0.6 is 15.9 Å². The molecule has 2 aromatic rings. The second kappa shape index (κ2) is 6.55. The van der Waals surface area contributed by atoms with Crippen LogP contribution in [0.25, 0.3) is 0 Å². The number of alkyl halides is 1. The van der Waals surface area contributed by atoms with Crippen LogP contribution in [-0.4, -0.2) is 16.9 Å². The van der Waals surface area contributed by atoms with Crippen LogP contribution < -0.4 is 4.90 Å². The second-order valence-electron chi connectivity index (χ2n) is 4.25. The average Bonchev–Trinajstić information content (AvgIpc) is 2.39. The van der Waals surface area contributed by atoms with Crippen molar-refractivity contribution in [2.24, 2.45) is 0 Å². The zero-order valence-electron chi connectivity index (χ0n) is 10.5. The molecule has 0 aliphatic carbocycles. The quantitative estimate of drug-likeness (QED) is 0.781. The Kier molecular flexibility index (Phi) is 4.76. The van der Waals surface area contributed by atoms with E-state index in [0.717, 1.165) is 24.1 Å². The predicted octanol–water partition coefficient (Wildman–Crippen LogP) is 3.79. The number of anilines is 1. The number of hydrogen-bond donors (Lipinski definition) is 0. The number of pyridine rings is 1. The smallest absolute Gasteiger partial charge is 0.0429 e. The predicted molar refractivity (Wildman–Crippen MR) is 80.3 cm³/mol. The third-order valence-electron chi connectivity index (χ3n) is 2.82. The van der Waals surface area contributed by atoms with E-state index in [1.165, 1.54) is 11.3 Å². The molecule has 2 nitrogen and oxygen atoms in total. The second-order valence-corrected chi connectivity index (χ2v) is 5.04. The number of hydrogen-bond acceptors (Lipinski definition) is 2. The van der Waals surface area contributed by atoms with Crippen molar-refractivity contribution in [2.75, 3.05) is 16.8 Å². The van der Waals surface area contributed by atoms with Crippen LogP contribution in [0.3, 0.4) is 0 Å². The van der Waals surface area contributed by atoms with Crippen molar-refractivity contribution in [3.63, 3.8) is 0 Å². The van der Waals surface area contributed by atoms with Crippen LogP contribution in [-0.2, 0) is 6.54 Å². The summed E-state index contributed by atoms with van der Waals surface area (Å²) < 4.78 is 0. The zero-order valence-corrected chi connectivity index (χ0v) is 12.1. The van der Waals surface area contributed by atoms with Crippen LogP contribution in [0.1, 0.15) is 11.3 Å². The van der Waals surface area contributed by atoms with Gasteiger partial charge in [-0.05, 0) is 24.6 Å². The summed E-state index contributed by atoms with van der Waals surface area (Å²) in [6.07, 6.45) is 1.87. The molecule has 0 amide bonds. The van der Waals surface area contributed by atoms with Gasteiger partial charge in [-0.3, -0.25) is 4.98 Å². The summed E-state index contributed by atoms with van der Waals surface area (Å²) >= 11 is 3.52. The van der Waals surface area contributed by atoms with Gasteiger partial charge in [0.05, 0.1) is 0 Å². The molecular formula is C15H17BrN2. The molecule has 3 heteroatoms. The van der Waals surface area contributed by atoms with E-state index < -0.39 is 0 Å². The molecule has 0 radical (unpaired) electrons. The lowest BCUT2D eigenvalue weighted by atomic mass is 10.2. The summed E-state index contributed by atoms with van der Waals surface area (Å²) in [7, 11) is 0. The first-order valence-corrected chi connectivity index (χ1v) is 7.19. The summed E-state index contributed by atoms with van der Waals surface area (Å²) in [4.78, 5) is 6.61. The minimum Gasteiger partial charge on any atom is -0.366 e. The molecule has 0 N–H and O–H groups in total. The summed E-state index contributed by atoms with van der Waals surface area (Å²) in [5.41, 5.74) is 3.61. The van der Waals surface area contributed by atoms with Crippen molar-refractivity contribution < 1.29 is 0 Å². The summed E-state index contributed by atoms with van der Waals surface area (Å²) in [5, 5.41) is 0.960. The minimum absolute atomic E-state index is 0.926. The molecule has 0 saturated carbocycles. The standard InChI is InChI=1S/C15H17BrN2/c1-13-11-15(7-9-17-13)18(10-8-16)12-14-5-3-2-4-6-14/h2-7,9,11H,8,10,12H2,1H3. The monoisotopic (exact) mass is 304 g/mol. The SMILES string of the molecule is Cc1cc(N(CCBr)Cc2ccccc2)ccn1. The van der Waals surface area contributed by atoms with E-state index in [1.807, 2.05) is 13.1 Å². The fraction of sp³-hybridized carbons (Fsp3) is 0.267. The van der Waals surface area contributed by atoms with Crippen LogP contribution in [0.5, 0.6) is 0 Å². The van der Waals surface area contributed by atoms with Gasteiger partial charge in [0.1, 0.15) is 0 Å². The van der Waals surface area contributed by atoms with Crippen LogP contribution in [0.15, 0.2) is 48.7 Å². The summed E-state index contributed by atoms with van der Waals surface area (Å²) in [6.45, 7) is 3.94. The maximum Gasteiger partial charge on any atom is 0.0429 e. The van der Waals surface area contributed by atoms with Crippen molar-refractivity contribution in [3.8, 4) is 0 Å². The van der Waals surface area contributed by atoms with Gasteiger partial charge < -0.3 is 4.90 Å². The molecule has 2 rings (SSSR count). The Balaban J connectivity index is 2.18. The molecule has 0 atom stereocenters. The van der Waals surface area contributed by atoms with Gasteiger partial charge in [0.15, 0.2) is 0 Å². The van der Waals surface area contributed by atoms with Gasteiger partial charge in [-0.25, -0.2) is 0 Å². The highest BCUT2D eigenvalue weighted by Crippen LogP contribution is 2.17. The molecule has 1 heterocycles. The fourth-order valence-electron chi connectivity index (χ4n) is 1.93. The van der Waals surface area contributed by atoms with Crippen LogP contribution in [0.4, 0.5) is 5.69 Å². The molecular weight excluding hydrogens is 288 g/mol. The zero-order chi connectivity index (χ0) is 12.8. The van der Waals surface area contributed by atoms with E-state index in [0.29, 0.717) is 0 Å². The topological polar surface area (TPSA) is 16.1 Å². The molecule has 0 aliphatic rings. The molecule has 94 valence electrons. The molecule has 0 unspecified atom stereocenters. The summed E-state index contributed by atoms with van der Waals surface area (Å²) in [5.74, 6) is 0. The Hall–Kier alpha value is -1.35. The lowest BCUT2D eigenvalue weighted by Crippen LogP contribution is -2.24.